The molecule has 1 atom stereocenters. The summed E-state index contributed by atoms with van der Waals surface area (Å²) in [6, 6.07) is 4.09. The Morgan fingerprint density at radius 1 is 1.62 bits per heavy atom. The Morgan fingerprint density at radius 3 is 3.08 bits per heavy atom. The van der Waals surface area contributed by atoms with Gasteiger partial charge in [-0.15, -0.1) is 11.3 Å². The summed E-state index contributed by atoms with van der Waals surface area (Å²) in [5.41, 5.74) is 0. The van der Waals surface area contributed by atoms with Gasteiger partial charge in [0.2, 0.25) is 0 Å². The van der Waals surface area contributed by atoms with Crippen molar-refractivity contribution >= 4 is 17.1 Å². The minimum absolute atomic E-state index is 0.177. The molecule has 70 valence electrons. The SMILES string of the molecule is CN1CCC(c2cccs2)C(=O)C1. The average molecular weight is 195 g/mol. The van der Waals surface area contributed by atoms with E-state index >= 15 is 0 Å². The number of ketones is 1. The molecule has 1 saturated heterocycles. The molecule has 1 fully saturated rings. The quantitative estimate of drug-likeness (QED) is 0.680. The number of likely N-dealkylation sites (N-methyl/N-ethyl adjacent to an activating group) is 1. The Kier molecular flexibility index (Phi) is 2.47. The van der Waals surface area contributed by atoms with Gasteiger partial charge in [0.1, 0.15) is 0 Å². The summed E-state index contributed by atoms with van der Waals surface area (Å²) in [5, 5.41) is 2.04. The first-order valence-corrected chi connectivity index (χ1v) is 5.40. The third-order valence-corrected chi connectivity index (χ3v) is 3.49. The van der Waals surface area contributed by atoms with Crippen molar-refractivity contribution in [2.75, 3.05) is 20.1 Å². The van der Waals surface area contributed by atoms with Crippen molar-refractivity contribution in [2.24, 2.45) is 0 Å². The average Bonchev–Trinajstić information content (AvgIpc) is 2.56. The van der Waals surface area contributed by atoms with Gasteiger partial charge in [-0.3, -0.25) is 9.69 Å². The molecule has 0 aromatic carbocycles. The number of piperidine rings is 1. The largest absolute Gasteiger partial charge is 0.299 e. The lowest BCUT2D eigenvalue weighted by atomic mass is 9.94. The number of likely N-dealkylation sites (tertiary alicyclic amines) is 1. The van der Waals surface area contributed by atoms with Crippen molar-refractivity contribution in [3.63, 3.8) is 0 Å². The highest BCUT2D eigenvalue weighted by Crippen LogP contribution is 2.28. The predicted molar refractivity (Wildman–Crippen MR) is 54.2 cm³/mol. The molecule has 3 heteroatoms. The zero-order valence-electron chi connectivity index (χ0n) is 7.69. The third-order valence-electron chi connectivity index (χ3n) is 2.50. The van der Waals surface area contributed by atoms with E-state index in [1.165, 1.54) is 4.88 Å². The number of carbonyl (C=O) groups excluding carboxylic acids is 1. The normalized spacial score (nSPS) is 25.0. The molecule has 0 aliphatic carbocycles. The van der Waals surface area contributed by atoms with E-state index in [0.717, 1.165) is 13.0 Å². The Morgan fingerprint density at radius 2 is 2.46 bits per heavy atom. The molecule has 2 rings (SSSR count). The van der Waals surface area contributed by atoms with Crippen molar-refractivity contribution < 1.29 is 4.79 Å². The van der Waals surface area contributed by atoms with Gasteiger partial charge in [0.15, 0.2) is 5.78 Å². The molecule has 0 amide bonds. The summed E-state index contributed by atoms with van der Waals surface area (Å²) in [5.74, 6) is 0.549. The number of carbonyl (C=O) groups is 1. The minimum Gasteiger partial charge on any atom is -0.299 e. The van der Waals surface area contributed by atoms with Crippen LogP contribution in [0, 0.1) is 0 Å². The molecular weight excluding hydrogens is 182 g/mol. The number of Topliss-reactive ketones (excluding diaryl/α,β-unsaturated/α-hetero) is 1. The Bertz CT molecular complexity index is 294. The smallest absolute Gasteiger partial charge is 0.155 e. The van der Waals surface area contributed by atoms with E-state index in [4.69, 9.17) is 0 Å². The van der Waals surface area contributed by atoms with Crippen LogP contribution in [0.25, 0.3) is 0 Å². The van der Waals surface area contributed by atoms with E-state index < -0.39 is 0 Å². The lowest BCUT2D eigenvalue weighted by Gasteiger charge is -2.26. The van der Waals surface area contributed by atoms with E-state index in [1.807, 2.05) is 18.5 Å². The molecule has 0 spiro atoms. The predicted octanol–water partition coefficient (Wildman–Crippen LogP) is 1.74. The molecule has 1 aliphatic rings. The summed E-state index contributed by atoms with van der Waals surface area (Å²) in [6.45, 7) is 1.65. The second kappa shape index (κ2) is 3.60. The maximum absolute atomic E-state index is 11.7. The van der Waals surface area contributed by atoms with Gasteiger partial charge in [0, 0.05) is 4.88 Å². The van der Waals surface area contributed by atoms with Crippen LogP contribution in [0.2, 0.25) is 0 Å². The number of nitrogens with zero attached hydrogens (tertiary/aromatic N) is 1. The summed E-state index contributed by atoms with van der Waals surface area (Å²) in [6.07, 6.45) is 0.982. The molecule has 1 unspecified atom stereocenters. The Hall–Kier alpha value is -0.670. The van der Waals surface area contributed by atoms with Crippen molar-refractivity contribution in [1.29, 1.82) is 0 Å². The van der Waals surface area contributed by atoms with Gasteiger partial charge in [0.25, 0.3) is 0 Å². The van der Waals surface area contributed by atoms with Crippen LogP contribution in [0.4, 0.5) is 0 Å². The van der Waals surface area contributed by atoms with E-state index in [9.17, 15) is 4.79 Å². The van der Waals surface area contributed by atoms with E-state index in [0.29, 0.717) is 12.3 Å². The highest BCUT2D eigenvalue weighted by atomic mass is 32.1. The van der Waals surface area contributed by atoms with Gasteiger partial charge in [-0.25, -0.2) is 0 Å². The van der Waals surface area contributed by atoms with Crippen LogP contribution >= 0.6 is 11.3 Å². The molecule has 2 heterocycles. The Balaban J connectivity index is 2.13. The van der Waals surface area contributed by atoms with Gasteiger partial charge in [-0.2, -0.15) is 0 Å². The van der Waals surface area contributed by atoms with Crippen molar-refractivity contribution in [3.8, 4) is 0 Å². The molecule has 2 nitrogen and oxygen atoms in total. The molecule has 1 aromatic heterocycles. The zero-order valence-corrected chi connectivity index (χ0v) is 8.51. The highest BCUT2D eigenvalue weighted by molar-refractivity contribution is 7.10. The second-order valence-corrected chi connectivity index (χ2v) is 4.54. The van der Waals surface area contributed by atoms with Crippen molar-refractivity contribution in [2.45, 2.75) is 12.3 Å². The fourth-order valence-electron chi connectivity index (χ4n) is 1.76. The first kappa shape index (κ1) is 8.91. The summed E-state index contributed by atoms with van der Waals surface area (Å²) in [7, 11) is 2.00. The third kappa shape index (κ3) is 1.81. The lowest BCUT2D eigenvalue weighted by Crippen LogP contribution is -2.36. The molecule has 0 N–H and O–H groups in total. The molecular formula is C10H13NOS. The van der Waals surface area contributed by atoms with Gasteiger partial charge < -0.3 is 0 Å². The molecule has 0 saturated carbocycles. The standard InChI is InChI=1S/C10H13NOS/c1-11-5-4-8(9(12)7-11)10-3-2-6-13-10/h2-3,6,8H,4-5,7H2,1H3. The minimum atomic E-state index is 0.177. The van der Waals surface area contributed by atoms with E-state index in [1.54, 1.807) is 11.3 Å². The molecule has 0 bridgehead atoms. The maximum Gasteiger partial charge on any atom is 0.155 e. The van der Waals surface area contributed by atoms with Gasteiger partial charge in [0.05, 0.1) is 12.5 Å². The number of hydrogen-bond acceptors (Lipinski definition) is 3. The zero-order chi connectivity index (χ0) is 9.26. The van der Waals surface area contributed by atoms with Crippen LogP contribution in [0.1, 0.15) is 17.2 Å². The first-order valence-electron chi connectivity index (χ1n) is 4.52. The number of thiophene rings is 1. The summed E-state index contributed by atoms with van der Waals surface area (Å²) in [4.78, 5) is 15.0. The highest BCUT2D eigenvalue weighted by Gasteiger charge is 2.26. The second-order valence-electron chi connectivity index (χ2n) is 3.56. The molecule has 0 radical (unpaired) electrons. The van der Waals surface area contributed by atoms with Crippen LogP contribution < -0.4 is 0 Å². The molecule has 1 aromatic rings. The Labute approximate surface area is 82.2 Å². The number of hydrogen-bond donors (Lipinski definition) is 0. The monoisotopic (exact) mass is 195 g/mol. The maximum atomic E-state index is 11.7. The van der Waals surface area contributed by atoms with Crippen LogP contribution in [-0.2, 0) is 4.79 Å². The topological polar surface area (TPSA) is 20.3 Å². The van der Waals surface area contributed by atoms with Crippen LogP contribution in [0.15, 0.2) is 17.5 Å². The van der Waals surface area contributed by atoms with Gasteiger partial charge >= 0.3 is 0 Å². The fraction of sp³-hybridized carbons (Fsp3) is 0.500. The molecule has 1 aliphatic heterocycles. The fourth-order valence-corrected chi connectivity index (χ4v) is 2.64. The van der Waals surface area contributed by atoms with Crippen LogP contribution in [0.5, 0.6) is 0 Å². The molecule has 13 heavy (non-hydrogen) atoms. The van der Waals surface area contributed by atoms with Crippen molar-refractivity contribution in [1.82, 2.24) is 4.90 Å². The van der Waals surface area contributed by atoms with E-state index in [-0.39, 0.29) is 5.92 Å². The summed E-state index contributed by atoms with van der Waals surface area (Å²) >= 11 is 1.70. The van der Waals surface area contributed by atoms with Gasteiger partial charge in [-0.05, 0) is 31.5 Å². The van der Waals surface area contributed by atoms with Gasteiger partial charge in [-0.1, -0.05) is 6.07 Å². The van der Waals surface area contributed by atoms with E-state index in [2.05, 4.69) is 11.0 Å². The lowest BCUT2D eigenvalue weighted by molar-refractivity contribution is -0.123. The van der Waals surface area contributed by atoms with Crippen molar-refractivity contribution in [3.05, 3.63) is 22.4 Å². The van der Waals surface area contributed by atoms with Crippen LogP contribution in [-0.4, -0.2) is 30.8 Å². The first-order chi connectivity index (χ1) is 6.27. The summed E-state index contributed by atoms with van der Waals surface area (Å²) < 4.78 is 0. The number of rotatable bonds is 1. The van der Waals surface area contributed by atoms with Crippen LogP contribution in [0.3, 0.4) is 0 Å².